The summed E-state index contributed by atoms with van der Waals surface area (Å²) in [5.41, 5.74) is -1.98. The second kappa shape index (κ2) is 10.4. The third-order valence-electron chi connectivity index (χ3n) is 10.7. The predicted octanol–water partition coefficient (Wildman–Crippen LogP) is 6.49. The van der Waals surface area contributed by atoms with Gasteiger partial charge in [0.05, 0.1) is 12.5 Å². The maximum Gasteiger partial charge on any atom is 0.389 e. The summed E-state index contributed by atoms with van der Waals surface area (Å²) in [4.78, 5) is 32.8. The average Bonchev–Trinajstić information content (AvgIpc) is 3.37. The first-order valence-corrected chi connectivity index (χ1v) is 15.7. The van der Waals surface area contributed by atoms with E-state index in [4.69, 9.17) is 16.4 Å². The highest BCUT2D eigenvalue weighted by molar-refractivity contribution is 8.13. The van der Waals surface area contributed by atoms with Gasteiger partial charge in [-0.2, -0.15) is 18.2 Å². The van der Waals surface area contributed by atoms with Gasteiger partial charge in [-0.25, -0.2) is 4.39 Å². The Bertz CT molecular complexity index is 1340. The molecule has 42 heavy (non-hydrogen) atoms. The van der Waals surface area contributed by atoms with Gasteiger partial charge >= 0.3 is 6.18 Å². The van der Waals surface area contributed by atoms with E-state index in [2.05, 4.69) is 0 Å². The molecular weight excluding hydrogens is 594 g/mol. The number of carbonyl (C=O) groups is 2. The number of aliphatic hydroxyl groups excluding tert-OH is 1. The van der Waals surface area contributed by atoms with Crippen molar-refractivity contribution in [2.24, 2.45) is 34.5 Å². The van der Waals surface area contributed by atoms with Crippen LogP contribution in [-0.2, 0) is 21.0 Å². The maximum atomic E-state index is 15.8. The Hall–Kier alpha value is -1.72. The number of carbonyl (C=O) groups excluding carboxylic acids is 2. The number of hydroxylamine groups is 2. The number of halogens is 5. The molecule has 5 nitrogen and oxygen atoms in total. The second-order valence-electron chi connectivity index (χ2n) is 13.0. The summed E-state index contributed by atoms with van der Waals surface area (Å²) in [6.07, 6.45) is -2.50. The lowest BCUT2D eigenvalue weighted by molar-refractivity contribution is -0.250. The van der Waals surface area contributed by atoms with Crippen molar-refractivity contribution in [3.8, 4) is 0 Å². The van der Waals surface area contributed by atoms with E-state index in [1.54, 1.807) is 23.3 Å². The fourth-order valence-corrected chi connectivity index (χ4v) is 10.3. The smallest absolute Gasteiger partial charge is 0.389 e. The van der Waals surface area contributed by atoms with Crippen LogP contribution >= 0.6 is 23.4 Å². The first-order valence-electron chi connectivity index (χ1n) is 14.4. The monoisotopic (exact) mass is 627 g/mol. The number of rotatable bonds is 5. The summed E-state index contributed by atoms with van der Waals surface area (Å²) >= 11 is 6.68. The minimum Gasteiger partial charge on any atom is -0.393 e. The van der Waals surface area contributed by atoms with Gasteiger partial charge in [0.2, 0.25) is 5.12 Å². The van der Waals surface area contributed by atoms with Gasteiger partial charge in [-0.15, -0.1) is 0 Å². The number of nitrogens with zero attached hydrogens (tertiary/aromatic N) is 1. The van der Waals surface area contributed by atoms with Crippen LogP contribution in [0.15, 0.2) is 48.1 Å². The first-order chi connectivity index (χ1) is 19.7. The zero-order valence-corrected chi connectivity index (χ0v) is 24.9. The second-order valence-corrected chi connectivity index (χ2v) is 14.5. The zero-order chi connectivity index (χ0) is 30.2. The number of aliphatic hydroxyl groups is 1. The molecule has 11 heteroatoms. The van der Waals surface area contributed by atoms with Crippen molar-refractivity contribution in [1.29, 1.82) is 0 Å². The highest BCUT2D eigenvalue weighted by Gasteiger charge is 2.75. The summed E-state index contributed by atoms with van der Waals surface area (Å²) < 4.78 is 54.9. The lowest BCUT2D eigenvalue weighted by Gasteiger charge is -2.60. The minimum atomic E-state index is -4.40. The highest BCUT2D eigenvalue weighted by atomic mass is 35.5. The van der Waals surface area contributed by atoms with Crippen LogP contribution in [0.5, 0.6) is 0 Å². The fourth-order valence-electron chi connectivity index (χ4n) is 9.05. The van der Waals surface area contributed by atoms with Gasteiger partial charge in [-0.1, -0.05) is 55.4 Å². The molecule has 1 heterocycles. The van der Waals surface area contributed by atoms with E-state index >= 15 is 4.39 Å². The quantitative estimate of drug-likeness (QED) is 0.377. The van der Waals surface area contributed by atoms with Crippen molar-refractivity contribution in [3.05, 3.63) is 58.7 Å². The number of fused-ring (bicyclic) bond motifs is 7. The topological polar surface area (TPSA) is 66.8 Å². The van der Waals surface area contributed by atoms with E-state index in [-0.39, 0.29) is 42.3 Å². The molecule has 1 aromatic rings. The molecule has 6 unspecified atom stereocenters. The van der Waals surface area contributed by atoms with E-state index in [0.29, 0.717) is 41.9 Å². The van der Waals surface area contributed by atoms with Crippen molar-refractivity contribution in [2.75, 3.05) is 12.3 Å². The highest BCUT2D eigenvalue weighted by Crippen LogP contribution is 2.71. The molecule has 9 atom stereocenters. The molecule has 0 aromatic heterocycles. The van der Waals surface area contributed by atoms with Crippen molar-refractivity contribution in [2.45, 2.75) is 70.1 Å². The van der Waals surface area contributed by atoms with Crippen LogP contribution < -0.4 is 0 Å². The maximum absolute atomic E-state index is 15.8. The molecule has 1 aromatic carbocycles. The Labute approximate surface area is 251 Å². The van der Waals surface area contributed by atoms with Gasteiger partial charge in [0.1, 0.15) is 6.17 Å². The Morgan fingerprint density at radius 3 is 2.62 bits per heavy atom. The van der Waals surface area contributed by atoms with Gasteiger partial charge in [-0.05, 0) is 66.5 Å². The minimum absolute atomic E-state index is 0.108. The molecule has 1 aliphatic heterocycles. The SMILES string of the molecule is CC12C=CC(=O)C=C1[C@@H](F)CC1C2C(O)CC2(C)C1C[C@H]1CN(Cc3ccc(Cl)cc3)O[C@]12C(=O)SCCC(F)(F)F. The van der Waals surface area contributed by atoms with Crippen LogP contribution in [0.4, 0.5) is 17.6 Å². The molecular formula is C31H34ClF4NO4S. The van der Waals surface area contributed by atoms with Crippen LogP contribution in [0.3, 0.4) is 0 Å². The lowest BCUT2D eigenvalue weighted by atomic mass is 9.46. The Balaban J connectivity index is 1.35. The molecule has 3 saturated carbocycles. The summed E-state index contributed by atoms with van der Waals surface area (Å²) in [6.45, 7) is 4.49. The van der Waals surface area contributed by atoms with Crippen molar-refractivity contribution >= 4 is 34.3 Å². The Morgan fingerprint density at radius 2 is 1.93 bits per heavy atom. The summed E-state index contributed by atoms with van der Waals surface area (Å²) in [7, 11) is 0. The van der Waals surface area contributed by atoms with Crippen LogP contribution in [0.2, 0.25) is 5.02 Å². The number of benzene rings is 1. The molecule has 4 fully saturated rings. The van der Waals surface area contributed by atoms with E-state index in [9.17, 15) is 27.9 Å². The predicted molar refractivity (Wildman–Crippen MR) is 151 cm³/mol. The van der Waals surface area contributed by atoms with Crippen molar-refractivity contribution < 1.29 is 37.1 Å². The molecule has 228 valence electrons. The van der Waals surface area contributed by atoms with Gasteiger partial charge in [0.25, 0.3) is 0 Å². The fraction of sp³-hybridized carbons (Fsp3) is 0.613. The van der Waals surface area contributed by atoms with E-state index in [1.807, 2.05) is 26.0 Å². The Kier molecular flexibility index (Phi) is 7.53. The van der Waals surface area contributed by atoms with E-state index in [1.165, 1.54) is 12.2 Å². The first kappa shape index (κ1) is 30.3. The number of hydrogen-bond acceptors (Lipinski definition) is 6. The normalized spacial score (nSPS) is 41.1. The Morgan fingerprint density at radius 1 is 1.21 bits per heavy atom. The average molecular weight is 628 g/mol. The van der Waals surface area contributed by atoms with Crippen LogP contribution in [0.25, 0.3) is 0 Å². The largest absolute Gasteiger partial charge is 0.393 e. The molecule has 0 radical (unpaired) electrons. The summed E-state index contributed by atoms with van der Waals surface area (Å²) in [6, 6.07) is 7.21. The third kappa shape index (κ3) is 4.71. The third-order valence-corrected chi connectivity index (χ3v) is 11.9. The molecule has 0 bridgehead atoms. The molecule has 5 aliphatic rings. The molecule has 1 saturated heterocycles. The van der Waals surface area contributed by atoms with Crippen molar-refractivity contribution in [1.82, 2.24) is 5.06 Å². The number of alkyl halides is 4. The lowest BCUT2D eigenvalue weighted by Crippen LogP contribution is -2.63. The standard InChI is InChI=1S/C31H34ClF4NO4S/c1-28-8-7-20(38)12-23(28)24(33)13-21-22-11-18-16-37(15-17-3-5-19(32)6-4-17)41-31(18,27(40)42-10-9-30(34,35)36)29(22,2)14-25(39)26(21)28/h3-8,12,18,21-22,24-26,39H,9-11,13-16H2,1-2H3/t18-,21?,22?,24-,25?,26?,28?,29?,31-/m0/s1. The summed E-state index contributed by atoms with van der Waals surface area (Å²) in [5, 5.41) is 13.6. The van der Waals surface area contributed by atoms with Gasteiger partial charge in [-0.3, -0.25) is 14.4 Å². The van der Waals surface area contributed by atoms with Crippen LogP contribution in [0, 0.1) is 34.5 Å². The van der Waals surface area contributed by atoms with Gasteiger partial charge < -0.3 is 5.11 Å². The van der Waals surface area contributed by atoms with E-state index in [0.717, 1.165) is 5.56 Å². The van der Waals surface area contributed by atoms with Gasteiger partial charge in [0, 0.05) is 46.5 Å². The molecule has 6 rings (SSSR count). The molecule has 0 spiro atoms. The zero-order valence-electron chi connectivity index (χ0n) is 23.4. The van der Waals surface area contributed by atoms with Gasteiger partial charge in [0.15, 0.2) is 11.4 Å². The molecule has 0 amide bonds. The van der Waals surface area contributed by atoms with E-state index < -0.39 is 52.2 Å². The van der Waals surface area contributed by atoms with Crippen LogP contribution in [0.1, 0.15) is 45.1 Å². The number of hydrogen-bond donors (Lipinski definition) is 1. The van der Waals surface area contributed by atoms with Crippen LogP contribution in [-0.4, -0.2) is 57.4 Å². The van der Waals surface area contributed by atoms with Crippen molar-refractivity contribution in [3.63, 3.8) is 0 Å². The number of ketones is 1. The molecule has 1 N–H and O–H groups in total. The number of allylic oxidation sites excluding steroid dienone is 4. The number of thioether (sulfide) groups is 1. The molecule has 4 aliphatic carbocycles. The summed E-state index contributed by atoms with van der Waals surface area (Å²) in [5.74, 6) is -1.93.